The second-order valence-electron chi connectivity index (χ2n) is 5.13. The molecule has 1 aliphatic rings. The van der Waals surface area contributed by atoms with Crippen molar-refractivity contribution in [2.24, 2.45) is 0 Å². The summed E-state index contributed by atoms with van der Waals surface area (Å²) in [6, 6.07) is 7.47. The lowest BCUT2D eigenvalue weighted by atomic mass is 10.1. The summed E-state index contributed by atoms with van der Waals surface area (Å²) < 4.78 is 0. The lowest BCUT2D eigenvalue weighted by Gasteiger charge is -2.13. The van der Waals surface area contributed by atoms with Crippen LogP contribution in [0.3, 0.4) is 0 Å². The fourth-order valence-electron chi connectivity index (χ4n) is 2.40. The van der Waals surface area contributed by atoms with Gasteiger partial charge < -0.3 is 16.0 Å². The van der Waals surface area contributed by atoms with Crippen LogP contribution < -0.4 is 16.0 Å². The first-order valence-corrected chi connectivity index (χ1v) is 7.04. The van der Waals surface area contributed by atoms with Gasteiger partial charge in [0.2, 0.25) is 5.91 Å². The van der Waals surface area contributed by atoms with E-state index in [9.17, 15) is 9.59 Å². The molecular weight excluding hydrogens is 254 g/mol. The Morgan fingerprint density at radius 2 is 1.80 bits per heavy atom. The zero-order chi connectivity index (χ0) is 14.4. The number of nitrogens with one attached hydrogen (secondary N) is 3. The molecule has 0 radical (unpaired) electrons. The van der Waals surface area contributed by atoms with Crippen LogP contribution in [0.2, 0.25) is 0 Å². The van der Waals surface area contributed by atoms with E-state index >= 15 is 0 Å². The first kappa shape index (κ1) is 14.4. The monoisotopic (exact) mass is 275 g/mol. The largest absolute Gasteiger partial charge is 0.359 e. The van der Waals surface area contributed by atoms with Gasteiger partial charge >= 0.3 is 6.03 Å². The number of hydrogen-bond acceptors (Lipinski definition) is 2. The molecular formula is C15H21N3O2. The van der Waals surface area contributed by atoms with E-state index in [1.54, 1.807) is 7.05 Å². The van der Waals surface area contributed by atoms with Crippen LogP contribution in [0.1, 0.15) is 31.2 Å². The van der Waals surface area contributed by atoms with Gasteiger partial charge in [0, 0.05) is 18.8 Å². The average Bonchev–Trinajstić information content (AvgIpc) is 2.93. The van der Waals surface area contributed by atoms with Gasteiger partial charge in [-0.15, -0.1) is 0 Å². The van der Waals surface area contributed by atoms with Crippen LogP contribution in [0.4, 0.5) is 10.5 Å². The van der Waals surface area contributed by atoms with Crippen LogP contribution >= 0.6 is 0 Å². The number of anilines is 1. The SMILES string of the molecule is CNC(=O)Cc1ccc(NC(=O)NC2CCCC2)cc1. The molecule has 0 bridgehead atoms. The van der Waals surface area contributed by atoms with Crippen LogP contribution in [-0.4, -0.2) is 25.0 Å². The standard InChI is InChI=1S/C15H21N3O2/c1-16-14(19)10-11-6-8-13(9-7-11)18-15(20)17-12-4-2-3-5-12/h6-9,12H,2-5,10H2,1H3,(H,16,19)(H2,17,18,20). The lowest BCUT2D eigenvalue weighted by molar-refractivity contribution is -0.119. The van der Waals surface area contributed by atoms with Crippen molar-refractivity contribution in [3.63, 3.8) is 0 Å². The van der Waals surface area contributed by atoms with Gasteiger partial charge in [0.1, 0.15) is 0 Å². The highest BCUT2D eigenvalue weighted by Gasteiger charge is 2.16. The fourth-order valence-corrected chi connectivity index (χ4v) is 2.40. The first-order chi connectivity index (χ1) is 9.67. The highest BCUT2D eigenvalue weighted by atomic mass is 16.2. The maximum Gasteiger partial charge on any atom is 0.319 e. The van der Waals surface area contributed by atoms with Gasteiger partial charge in [0.15, 0.2) is 0 Å². The number of rotatable bonds is 4. The van der Waals surface area contributed by atoms with Crippen molar-refractivity contribution in [3.8, 4) is 0 Å². The molecule has 0 aromatic heterocycles. The average molecular weight is 275 g/mol. The molecule has 0 heterocycles. The molecule has 3 N–H and O–H groups in total. The number of benzene rings is 1. The van der Waals surface area contributed by atoms with Crippen molar-refractivity contribution in [1.29, 1.82) is 0 Å². The van der Waals surface area contributed by atoms with Crippen LogP contribution in [0.15, 0.2) is 24.3 Å². The Kier molecular flexibility index (Phi) is 4.98. The summed E-state index contributed by atoms with van der Waals surface area (Å²) in [7, 11) is 1.62. The highest BCUT2D eigenvalue weighted by Crippen LogP contribution is 2.18. The Hall–Kier alpha value is -2.04. The molecule has 1 aromatic rings. The van der Waals surface area contributed by atoms with Crippen molar-refractivity contribution in [2.75, 3.05) is 12.4 Å². The molecule has 5 heteroatoms. The molecule has 0 aliphatic heterocycles. The molecule has 108 valence electrons. The van der Waals surface area contributed by atoms with Crippen molar-refractivity contribution in [1.82, 2.24) is 10.6 Å². The van der Waals surface area contributed by atoms with Crippen LogP contribution in [-0.2, 0) is 11.2 Å². The summed E-state index contributed by atoms with van der Waals surface area (Å²) in [4.78, 5) is 23.0. The molecule has 0 unspecified atom stereocenters. The van der Waals surface area contributed by atoms with Gasteiger partial charge in [-0.25, -0.2) is 4.79 Å². The van der Waals surface area contributed by atoms with Gasteiger partial charge in [-0.1, -0.05) is 25.0 Å². The topological polar surface area (TPSA) is 70.2 Å². The van der Waals surface area contributed by atoms with Gasteiger partial charge in [-0.2, -0.15) is 0 Å². The maximum absolute atomic E-state index is 11.8. The molecule has 0 atom stereocenters. The molecule has 1 saturated carbocycles. The van der Waals surface area contributed by atoms with E-state index in [1.165, 1.54) is 12.8 Å². The van der Waals surface area contributed by atoms with Crippen LogP contribution in [0, 0.1) is 0 Å². The summed E-state index contributed by atoms with van der Waals surface area (Å²) >= 11 is 0. The molecule has 5 nitrogen and oxygen atoms in total. The number of amides is 3. The van der Waals surface area contributed by atoms with E-state index in [-0.39, 0.29) is 11.9 Å². The summed E-state index contributed by atoms with van der Waals surface area (Å²) in [5.74, 6) is -0.0234. The van der Waals surface area contributed by atoms with Gasteiger partial charge in [-0.05, 0) is 30.5 Å². The molecule has 1 fully saturated rings. The van der Waals surface area contributed by atoms with E-state index in [0.29, 0.717) is 12.5 Å². The fraction of sp³-hybridized carbons (Fsp3) is 0.467. The third kappa shape index (κ3) is 4.26. The predicted molar refractivity (Wildman–Crippen MR) is 78.6 cm³/mol. The highest BCUT2D eigenvalue weighted by molar-refractivity contribution is 5.89. The molecule has 1 aromatic carbocycles. The molecule has 0 saturated heterocycles. The zero-order valence-electron chi connectivity index (χ0n) is 11.7. The summed E-state index contributed by atoms with van der Waals surface area (Å²) in [5.41, 5.74) is 1.66. The maximum atomic E-state index is 11.8. The zero-order valence-corrected chi connectivity index (χ0v) is 11.7. The molecule has 0 spiro atoms. The Bertz CT molecular complexity index is 465. The van der Waals surface area contributed by atoms with E-state index in [4.69, 9.17) is 0 Å². The minimum atomic E-state index is -0.157. The second-order valence-corrected chi connectivity index (χ2v) is 5.13. The quantitative estimate of drug-likeness (QED) is 0.787. The number of carbonyl (C=O) groups excluding carboxylic acids is 2. The minimum absolute atomic E-state index is 0.0234. The van der Waals surface area contributed by atoms with Gasteiger partial charge in [0.25, 0.3) is 0 Å². The smallest absolute Gasteiger partial charge is 0.319 e. The number of hydrogen-bond donors (Lipinski definition) is 3. The van der Waals surface area contributed by atoms with E-state index in [0.717, 1.165) is 24.1 Å². The van der Waals surface area contributed by atoms with Gasteiger partial charge in [0.05, 0.1) is 6.42 Å². The number of urea groups is 1. The minimum Gasteiger partial charge on any atom is -0.359 e. The normalized spacial score (nSPS) is 14.8. The Morgan fingerprint density at radius 1 is 1.15 bits per heavy atom. The van der Waals surface area contributed by atoms with Crippen LogP contribution in [0.25, 0.3) is 0 Å². The summed E-state index contributed by atoms with van der Waals surface area (Å²) in [5, 5.41) is 8.36. The Labute approximate surface area is 119 Å². The summed E-state index contributed by atoms with van der Waals surface area (Å²) in [6.07, 6.45) is 4.88. The Balaban J connectivity index is 1.83. The number of carbonyl (C=O) groups is 2. The van der Waals surface area contributed by atoms with E-state index in [1.807, 2.05) is 24.3 Å². The summed E-state index contributed by atoms with van der Waals surface area (Å²) in [6.45, 7) is 0. The van der Waals surface area contributed by atoms with Gasteiger partial charge in [-0.3, -0.25) is 4.79 Å². The second kappa shape index (κ2) is 6.93. The van der Waals surface area contributed by atoms with Crippen LogP contribution in [0.5, 0.6) is 0 Å². The molecule has 3 amide bonds. The first-order valence-electron chi connectivity index (χ1n) is 7.04. The van der Waals surface area contributed by atoms with Crippen molar-refractivity contribution >= 4 is 17.6 Å². The molecule has 20 heavy (non-hydrogen) atoms. The van der Waals surface area contributed by atoms with E-state index < -0.39 is 0 Å². The predicted octanol–water partition coefficient (Wildman–Crippen LogP) is 2.04. The van der Waals surface area contributed by atoms with Crippen molar-refractivity contribution in [2.45, 2.75) is 38.1 Å². The lowest BCUT2D eigenvalue weighted by Crippen LogP contribution is -2.36. The van der Waals surface area contributed by atoms with Crippen molar-refractivity contribution in [3.05, 3.63) is 29.8 Å². The Morgan fingerprint density at radius 3 is 2.40 bits per heavy atom. The van der Waals surface area contributed by atoms with Crippen molar-refractivity contribution < 1.29 is 9.59 Å². The third-order valence-electron chi connectivity index (χ3n) is 3.55. The van der Waals surface area contributed by atoms with E-state index in [2.05, 4.69) is 16.0 Å². The molecule has 1 aliphatic carbocycles. The molecule has 2 rings (SSSR count). The number of likely N-dealkylation sites (N-methyl/N-ethyl adjacent to an activating group) is 1. The third-order valence-corrected chi connectivity index (χ3v) is 3.55.